The maximum Gasteiger partial charge on any atom is 0.327 e. The molecular weight excluding hydrogens is 370 g/mol. The van der Waals surface area contributed by atoms with Crippen LogP contribution in [0, 0.1) is 5.41 Å². The van der Waals surface area contributed by atoms with Crippen LogP contribution in [0.25, 0.3) is 0 Å². The lowest BCUT2D eigenvalue weighted by Crippen LogP contribution is -2.58. The van der Waals surface area contributed by atoms with Crippen molar-refractivity contribution in [2.75, 3.05) is 0 Å². The van der Waals surface area contributed by atoms with Crippen LogP contribution < -0.4 is 0 Å². The van der Waals surface area contributed by atoms with Crippen LogP contribution in [0.4, 0.5) is 0 Å². The fraction of sp³-hybridized carbons (Fsp3) is 0.625. The summed E-state index contributed by atoms with van der Waals surface area (Å²) in [6.07, 6.45) is 0. The minimum absolute atomic E-state index is 0.0874. The van der Waals surface area contributed by atoms with Crippen LogP contribution in [0.2, 0.25) is 0 Å². The lowest BCUT2D eigenvalue weighted by Gasteiger charge is -2.39. The Hall–Kier alpha value is -1.54. The smallest absolute Gasteiger partial charge is 0.327 e. The van der Waals surface area contributed by atoms with E-state index < -0.39 is 39.4 Å². The molecule has 0 aromatic rings. The van der Waals surface area contributed by atoms with Gasteiger partial charge in [-0.25, -0.2) is 4.79 Å². The predicted octanol–water partition coefficient (Wildman–Crippen LogP) is 2.33. The van der Waals surface area contributed by atoms with Crippen LogP contribution in [0.15, 0.2) is 10.6 Å². The van der Waals surface area contributed by atoms with E-state index in [2.05, 4.69) is 0 Å². The van der Waals surface area contributed by atoms with E-state index in [-0.39, 0.29) is 16.4 Å². The van der Waals surface area contributed by atoms with Gasteiger partial charge in [0, 0.05) is 11.7 Å². The van der Waals surface area contributed by atoms with Crippen LogP contribution in [0.1, 0.15) is 41.5 Å². The predicted molar refractivity (Wildman–Crippen MR) is 94.4 cm³/mol. The molecule has 2 atom stereocenters. The van der Waals surface area contributed by atoms with Crippen LogP contribution in [-0.2, 0) is 19.2 Å². The highest BCUT2D eigenvalue weighted by atomic mass is 35.5. The van der Waals surface area contributed by atoms with Gasteiger partial charge in [0.15, 0.2) is 5.78 Å². The molecule has 0 aliphatic carbocycles. The zero-order chi connectivity index (χ0) is 19.9. The van der Waals surface area contributed by atoms with Gasteiger partial charge in [-0.15, -0.1) is 11.8 Å². The summed E-state index contributed by atoms with van der Waals surface area (Å²) in [5.41, 5.74) is -0.356. The molecule has 9 heteroatoms. The second kappa shape index (κ2) is 6.99. The Morgan fingerprint density at radius 2 is 1.64 bits per heavy atom. The molecular formula is C16H22ClNO6S. The lowest BCUT2D eigenvalue weighted by atomic mass is 9.95. The molecule has 2 N–H and O–H groups in total. The van der Waals surface area contributed by atoms with Gasteiger partial charge in [-0.1, -0.05) is 11.6 Å². The first-order valence-electron chi connectivity index (χ1n) is 7.50. The fourth-order valence-corrected chi connectivity index (χ4v) is 4.12. The normalized spacial score (nSPS) is 26.0. The number of amides is 1. The van der Waals surface area contributed by atoms with E-state index in [0.717, 1.165) is 0 Å². The summed E-state index contributed by atoms with van der Waals surface area (Å²) in [6, 6.07) is -0.889. The van der Waals surface area contributed by atoms with Crippen molar-refractivity contribution < 1.29 is 29.4 Å². The van der Waals surface area contributed by atoms with Gasteiger partial charge in [0.2, 0.25) is 0 Å². The molecule has 25 heavy (non-hydrogen) atoms. The molecule has 2 fully saturated rings. The molecule has 7 nitrogen and oxygen atoms in total. The number of ketones is 1. The van der Waals surface area contributed by atoms with Crippen LogP contribution in [-0.4, -0.2) is 54.9 Å². The SMILES string of the molecule is CC(=O)C(Cl)=C1C(=O)N2[C@@H]1SC(C)(C)[C@@H]2C(=O)O.CC(C)(C)C(=O)O. The minimum Gasteiger partial charge on any atom is -0.481 e. The number of fused-ring (bicyclic) bond motifs is 1. The van der Waals surface area contributed by atoms with Crippen molar-refractivity contribution in [3.8, 4) is 0 Å². The summed E-state index contributed by atoms with van der Waals surface area (Å²) in [6.45, 7) is 9.80. The topological polar surface area (TPSA) is 112 Å². The van der Waals surface area contributed by atoms with Gasteiger partial charge < -0.3 is 15.1 Å². The average molecular weight is 392 g/mol. The van der Waals surface area contributed by atoms with Gasteiger partial charge in [0.1, 0.15) is 11.4 Å². The Morgan fingerprint density at radius 1 is 1.20 bits per heavy atom. The summed E-state index contributed by atoms with van der Waals surface area (Å²) >= 11 is 7.16. The number of carboxylic acids is 2. The van der Waals surface area contributed by atoms with Crippen molar-refractivity contribution in [3.05, 3.63) is 10.6 Å². The monoisotopic (exact) mass is 391 g/mol. The number of nitrogens with zero attached hydrogens (tertiary/aromatic N) is 1. The van der Waals surface area contributed by atoms with Gasteiger partial charge in [-0.3, -0.25) is 14.4 Å². The number of carbonyl (C=O) groups excluding carboxylic acids is 2. The lowest BCUT2D eigenvalue weighted by molar-refractivity contribution is -0.152. The highest BCUT2D eigenvalue weighted by Gasteiger charge is 2.62. The summed E-state index contributed by atoms with van der Waals surface area (Å²) in [5.74, 6) is -2.63. The third-order valence-corrected chi connectivity index (χ3v) is 5.72. The molecule has 2 saturated heterocycles. The van der Waals surface area contributed by atoms with Crippen LogP contribution >= 0.6 is 23.4 Å². The Balaban J connectivity index is 0.000000381. The molecule has 140 valence electrons. The number of halogens is 1. The number of hydrogen-bond acceptors (Lipinski definition) is 5. The Morgan fingerprint density at radius 3 is 1.96 bits per heavy atom. The molecule has 1 amide bonds. The highest BCUT2D eigenvalue weighted by Crippen LogP contribution is 2.54. The van der Waals surface area contributed by atoms with E-state index in [4.69, 9.17) is 16.7 Å². The van der Waals surface area contributed by atoms with E-state index in [1.807, 2.05) is 0 Å². The summed E-state index contributed by atoms with van der Waals surface area (Å²) in [7, 11) is 0. The number of Topliss-reactive ketones (excluding diaryl/α,β-unsaturated/α-hetero) is 1. The first-order valence-corrected chi connectivity index (χ1v) is 8.76. The van der Waals surface area contributed by atoms with Crippen molar-refractivity contribution >= 4 is 47.0 Å². The quantitative estimate of drug-likeness (QED) is 0.548. The number of allylic oxidation sites excluding steroid dienone is 1. The molecule has 0 bridgehead atoms. The second-order valence-corrected chi connectivity index (χ2v) is 9.48. The van der Waals surface area contributed by atoms with Crippen molar-refractivity contribution in [1.82, 2.24) is 4.90 Å². The van der Waals surface area contributed by atoms with E-state index in [0.29, 0.717) is 0 Å². The number of hydrogen-bond donors (Lipinski definition) is 2. The number of carbonyl (C=O) groups is 4. The maximum absolute atomic E-state index is 11.9. The first kappa shape index (κ1) is 21.5. The number of β-lactam (4-membered cyclic amide) rings is 1. The Bertz CT molecular complexity index is 664. The number of aliphatic carboxylic acids is 2. The van der Waals surface area contributed by atoms with Gasteiger partial charge >= 0.3 is 11.9 Å². The molecule has 0 aromatic carbocycles. The molecule has 0 radical (unpaired) electrons. The summed E-state index contributed by atoms with van der Waals surface area (Å²) < 4.78 is -0.609. The molecule has 2 aliphatic rings. The average Bonchev–Trinajstić information content (AvgIpc) is 2.66. The number of rotatable bonds is 2. The van der Waals surface area contributed by atoms with Crippen molar-refractivity contribution in [2.24, 2.45) is 5.41 Å². The van der Waals surface area contributed by atoms with Gasteiger partial charge in [-0.05, 0) is 34.6 Å². The van der Waals surface area contributed by atoms with E-state index in [9.17, 15) is 24.3 Å². The van der Waals surface area contributed by atoms with E-state index >= 15 is 0 Å². The molecule has 2 heterocycles. The molecule has 2 rings (SSSR count). The molecule has 0 spiro atoms. The molecule has 0 aromatic heterocycles. The maximum atomic E-state index is 11.9. The Kier molecular flexibility index (Phi) is 6.01. The fourth-order valence-electron chi connectivity index (χ4n) is 2.29. The summed E-state index contributed by atoms with van der Waals surface area (Å²) in [5, 5.41) is 16.9. The van der Waals surface area contributed by atoms with E-state index in [1.165, 1.54) is 23.6 Å². The van der Waals surface area contributed by atoms with Crippen molar-refractivity contribution in [1.29, 1.82) is 0 Å². The van der Waals surface area contributed by atoms with Crippen molar-refractivity contribution in [3.63, 3.8) is 0 Å². The van der Waals surface area contributed by atoms with Crippen LogP contribution in [0.5, 0.6) is 0 Å². The third kappa shape index (κ3) is 4.17. The standard InChI is InChI=1S/C11H12ClNO4S.C5H10O2/c1-4(14)6(12)5-8(15)13-7(10(16)17)11(2,3)18-9(5)13;1-5(2,3)4(6)7/h7,9H,1-3H3,(H,16,17);1-3H3,(H,6,7)/t7-,9+;/m0./s1. The number of thioether (sulfide) groups is 1. The van der Waals surface area contributed by atoms with Crippen LogP contribution in [0.3, 0.4) is 0 Å². The summed E-state index contributed by atoms with van der Waals surface area (Å²) in [4.78, 5) is 45.7. The van der Waals surface area contributed by atoms with E-state index in [1.54, 1.807) is 34.6 Å². The van der Waals surface area contributed by atoms with Gasteiger partial charge in [-0.2, -0.15) is 0 Å². The molecule has 0 unspecified atom stereocenters. The molecule has 2 aliphatic heterocycles. The Labute approximate surface area is 155 Å². The van der Waals surface area contributed by atoms with Gasteiger partial charge in [0.05, 0.1) is 16.0 Å². The minimum atomic E-state index is -1.04. The molecule has 0 saturated carbocycles. The largest absolute Gasteiger partial charge is 0.481 e. The highest BCUT2D eigenvalue weighted by molar-refractivity contribution is 8.01. The zero-order valence-corrected chi connectivity index (χ0v) is 16.5. The first-order chi connectivity index (χ1) is 11.1. The third-order valence-electron chi connectivity index (χ3n) is 3.74. The van der Waals surface area contributed by atoms with Gasteiger partial charge in [0.25, 0.3) is 5.91 Å². The van der Waals surface area contributed by atoms with Crippen molar-refractivity contribution in [2.45, 2.75) is 57.7 Å². The zero-order valence-electron chi connectivity index (χ0n) is 14.9. The number of carboxylic acid groups (broad SMARTS) is 2. The second-order valence-electron chi connectivity index (χ2n) is 7.37.